The predicted octanol–water partition coefficient (Wildman–Crippen LogP) is 2.88. The van der Waals surface area contributed by atoms with Gasteiger partial charge in [-0.15, -0.1) is 0 Å². The Morgan fingerprint density at radius 1 is 1.18 bits per heavy atom. The molecule has 0 aliphatic carbocycles. The molecule has 0 atom stereocenters. The van der Waals surface area contributed by atoms with Crippen LogP contribution in [0.25, 0.3) is 0 Å². The van der Waals surface area contributed by atoms with E-state index in [9.17, 15) is 0 Å². The van der Waals surface area contributed by atoms with Gasteiger partial charge >= 0.3 is 0 Å². The third kappa shape index (κ3) is 3.28. The van der Waals surface area contributed by atoms with E-state index < -0.39 is 0 Å². The minimum Gasteiger partial charge on any atom is -0.473 e. The standard InChI is InChI=1S/C13H13BrN2O/c14-12-5-3-10(4-6-12)9-17-13-11(8-15)2-1-7-16-13/h1-7H,8-9,15H2. The van der Waals surface area contributed by atoms with Crippen LogP contribution in [0.3, 0.4) is 0 Å². The fraction of sp³-hybridized carbons (Fsp3) is 0.154. The fourth-order valence-corrected chi connectivity index (χ4v) is 1.71. The summed E-state index contributed by atoms with van der Waals surface area (Å²) >= 11 is 3.39. The lowest BCUT2D eigenvalue weighted by Gasteiger charge is -2.08. The Kier molecular flexibility index (Phi) is 4.12. The van der Waals surface area contributed by atoms with Gasteiger partial charge in [-0.25, -0.2) is 4.98 Å². The minimum absolute atomic E-state index is 0.434. The molecule has 0 aliphatic heterocycles. The van der Waals surface area contributed by atoms with Gasteiger partial charge in [-0.05, 0) is 23.8 Å². The van der Waals surface area contributed by atoms with Gasteiger partial charge < -0.3 is 10.5 Å². The summed E-state index contributed by atoms with van der Waals surface area (Å²) in [7, 11) is 0. The molecule has 1 aromatic heterocycles. The number of nitrogens with zero attached hydrogens (tertiary/aromatic N) is 1. The van der Waals surface area contributed by atoms with E-state index in [4.69, 9.17) is 10.5 Å². The summed E-state index contributed by atoms with van der Waals surface area (Å²) in [5, 5.41) is 0. The van der Waals surface area contributed by atoms with Crippen LogP contribution >= 0.6 is 15.9 Å². The number of aromatic nitrogens is 1. The molecule has 0 saturated carbocycles. The predicted molar refractivity (Wildman–Crippen MR) is 70.6 cm³/mol. The van der Waals surface area contributed by atoms with Gasteiger partial charge in [0.15, 0.2) is 0 Å². The molecule has 1 heterocycles. The topological polar surface area (TPSA) is 48.1 Å². The Morgan fingerprint density at radius 3 is 2.65 bits per heavy atom. The van der Waals surface area contributed by atoms with Crippen LogP contribution in [-0.2, 0) is 13.2 Å². The Labute approximate surface area is 109 Å². The lowest BCUT2D eigenvalue weighted by atomic mass is 10.2. The van der Waals surface area contributed by atoms with Crippen LogP contribution < -0.4 is 10.5 Å². The Hall–Kier alpha value is -1.39. The third-order valence-electron chi connectivity index (χ3n) is 2.36. The van der Waals surface area contributed by atoms with E-state index in [1.165, 1.54) is 0 Å². The number of rotatable bonds is 4. The highest BCUT2D eigenvalue weighted by Crippen LogP contribution is 2.16. The number of nitrogens with two attached hydrogens (primary N) is 1. The summed E-state index contributed by atoms with van der Waals surface area (Å²) in [5.74, 6) is 0.609. The Morgan fingerprint density at radius 2 is 1.94 bits per heavy atom. The zero-order valence-corrected chi connectivity index (χ0v) is 10.9. The molecule has 0 fully saturated rings. The molecule has 0 spiro atoms. The van der Waals surface area contributed by atoms with Crippen LogP contribution in [-0.4, -0.2) is 4.98 Å². The van der Waals surface area contributed by atoms with Gasteiger partial charge in [-0.2, -0.15) is 0 Å². The van der Waals surface area contributed by atoms with Gasteiger partial charge in [0.1, 0.15) is 6.61 Å². The first-order valence-corrected chi connectivity index (χ1v) is 6.10. The van der Waals surface area contributed by atoms with Crippen LogP contribution in [0.4, 0.5) is 0 Å². The van der Waals surface area contributed by atoms with Gasteiger partial charge in [-0.3, -0.25) is 0 Å². The molecule has 17 heavy (non-hydrogen) atoms. The number of hydrogen-bond acceptors (Lipinski definition) is 3. The molecule has 4 heteroatoms. The quantitative estimate of drug-likeness (QED) is 0.943. The molecule has 0 amide bonds. The van der Waals surface area contributed by atoms with Gasteiger partial charge in [0, 0.05) is 22.8 Å². The van der Waals surface area contributed by atoms with Crippen molar-refractivity contribution in [3.63, 3.8) is 0 Å². The average molecular weight is 293 g/mol. The molecule has 0 aliphatic rings. The number of hydrogen-bond donors (Lipinski definition) is 1. The molecule has 0 radical (unpaired) electrons. The van der Waals surface area contributed by atoms with Crippen molar-refractivity contribution in [2.75, 3.05) is 0 Å². The van der Waals surface area contributed by atoms with Crippen molar-refractivity contribution < 1.29 is 4.74 Å². The van der Waals surface area contributed by atoms with Crippen LogP contribution in [0.2, 0.25) is 0 Å². The van der Waals surface area contributed by atoms with E-state index in [0.717, 1.165) is 15.6 Å². The van der Waals surface area contributed by atoms with Gasteiger partial charge in [0.25, 0.3) is 0 Å². The molecule has 88 valence electrons. The molecule has 0 bridgehead atoms. The first-order valence-electron chi connectivity index (χ1n) is 5.31. The van der Waals surface area contributed by atoms with Gasteiger partial charge in [-0.1, -0.05) is 34.1 Å². The summed E-state index contributed by atoms with van der Waals surface area (Å²) < 4.78 is 6.70. The Balaban J connectivity index is 2.04. The number of pyridine rings is 1. The maximum atomic E-state index is 5.65. The van der Waals surface area contributed by atoms with Crippen molar-refractivity contribution in [1.82, 2.24) is 4.98 Å². The van der Waals surface area contributed by atoms with Crippen molar-refractivity contribution in [2.24, 2.45) is 5.73 Å². The monoisotopic (exact) mass is 292 g/mol. The van der Waals surface area contributed by atoms with Crippen molar-refractivity contribution in [1.29, 1.82) is 0 Å². The van der Waals surface area contributed by atoms with Crippen LogP contribution in [0.1, 0.15) is 11.1 Å². The second kappa shape index (κ2) is 5.80. The molecule has 0 saturated heterocycles. The van der Waals surface area contributed by atoms with Gasteiger partial charge in [0.2, 0.25) is 5.88 Å². The highest BCUT2D eigenvalue weighted by molar-refractivity contribution is 9.10. The second-order valence-electron chi connectivity index (χ2n) is 3.59. The van der Waals surface area contributed by atoms with Crippen LogP contribution in [0, 0.1) is 0 Å². The van der Waals surface area contributed by atoms with Gasteiger partial charge in [0.05, 0.1) is 0 Å². The van der Waals surface area contributed by atoms with E-state index in [1.54, 1.807) is 6.20 Å². The van der Waals surface area contributed by atoms with Crippen molar-refractivity contribution >= 4 is 15.9 Å². The highest BCUT2D eigenvalue weighted by atomic mass is 79.9. The molecule has 2 aromatic rings. The first kappa shape index (κ1) is 12.1. The maximum Gasteiger partial charge on any atom is 0.218 e. The summed E-state index contributed by atoms with van der Waals surface area (Å²) in [6.45, 7) is 0.931. The zero-order chi connectivity index (χ0) is 12.1. The molecule has 2 rings (SSSR count). The van der Waals surface area contributed by atoms with E-state index in [-0.39, 0.29) is 0 Å². The molecule has 0 unspecified atom stereocenters. The average Bonchev–Trinajstić information content (AvgIpc) is 2.38. The van der Waals surface area contributed by atoms with Crippen molar-refractivity contribution in [2.45, 2.75) is 13.2 Å². The molecule has 2 N–H and O–H groups in total. The molecule has 1 aromatic carbocycles. The van der Waals surface area contributed by atoms with E-state index >= 15 is 0 Å². The summed E-state index contributed by atoms with van der Waals surface area (Å²) in [5.41, 5.74) is 7.63. The van der Waals surface area contributed by atoms with E-state index in [2.05, 4.69) is 20.9 Å². The first-order chi connectivity index (χ1) is 8.29. The lowest BCUT2D eigenvalue weighted by molar-refractivity contribution is 0.290. The second-order valence-corrected chi connectivity index (χ2v) is 4.50. The largest absolute Gasteiger partial charge is 0.473 e. The molecule has 3 nitrogen and oxygen atoms in total. The molecular formula is C13H13BrN2O. The SMILES string of the molecule is NCc1cccnc1OCc1ccc(Br)cc1. The van der Waals surface area contributed by atoms with E-state index in [0.29, 0.717) is 19.0 Å². The van der Waals surface area contributed by atoms with Crippen LogP contribution in [0.5, 0.6) is 5.88 Å². The highest BCUT2D eigenvalue weighted by Gasteiger charge is 2.02. The van der Waals surface area contributed by atoms with Crippen LogP contribution in [0.15, 0.2) is 47.1 Å². The van der Waals surface area contributed by atoms with Crippen molar-refractivity contribution in [3.8, 4) is 5.88 Å². The minimum atomic E-state index is 0.434. The summed E-state index contributed by atoms with van der Waals surface area (Å²) in [6.07, 6.45) is 1.70. The number of ether oxygens (including phenoxy) is 1. The maximum absolute atomic E-state index is 5.65. The third-order valence-corrected chi connectivity index (χ3v) is 2.89. The lowest BCUT2D eigenvalue weighted by Crippen LogP contribution is -2.04. The van der Waals surface area contributed by atoms with Crippen molar-refractivity contribution in [3.05, 3.63) is 58.2 Å². The smallest absolute Gasteiger partial charge is 0.218 e. The zero-order valence-electron chi connectivity index (χ0n) is 9.27. The normalized spacial score (nSPS) is 10.2. The fourth-order valence-electron chi connectivity index (χ4n) is 1.44. The Bertz CT molecular complexity index is 485. The summed E-state index contributed by atoms with van der Waals surface area (Å²) in [4.78, 5) is 4.17. The number of halogens is 1. The molecular weight excluding hydrogens is 280 g/mol. The number of benzene rings is 1. The van der Waals surface area contributed by atoms with E-state index in [1.807, 2.05) is 36.4 Å². The summed E-state index contributed by atoms with van der Waals surface area (Å²) in [6, 6.07) is 11.8.